The summed E-state index contributed by atoms with van der Waals surface area (Å²) < 4.78 is 0. The summed E-state index contributed by atoms with van der Waals surface area (Å²) in [5, 5.41) is 0. The lowest BCUT2D eigenvalue weighted by Gasteiger charge is -2.03. The molecule has 3 unspecified atom stereocenters. The highest BCUT2D eigenvalue weighted by molar-refractivity contribution is 9.09. The minimum absolute atomic E-state index is 0.625. The molecule has 0 aromatic heterocycles. The number of allylic oxidation sites excluding steroid dienone is 2. The van der Waals surface area contributed by atoms with Crippen LogP contribution in [0.1, 0.15) is 65.7 Å². The Bertz CT molecular complexity index is 217. The van der Waals surface area contributed by atoms with E-state index in [1.54, 1.807) is 5.57 Å². The Morgan fingerprint density at radius 1 is 1.38 bits per heavy atom. The fourth-order valence-corrected chi connectivity index (χ4v) is 2.68. The topological polar surface area (TPSA) is 0 Å². The first-order valence-electron chi connectivity index (χ1n) is 6.93. The van der Waals surface area contributed by atoms with E-state index >= 15 is 0 Å². The highest BCUT2D eigenvalue weighted by Crippen LogP contribution is 2.45. The third kappa shape index (κ3) is 6.08. The molecule has 1 aliphatic carbocycles. The van der Waals surface area contributed by atoms with E-state index in [9.17, 15) is 0 Å². The minimum atomic E-state index is 0.625. The van der Waals surface area contributed by atoms with Gasteiger partial charge in [0.2, 0.25) is 0 Å². The number of rotatable bonds is 8. The largest absolute Gasteiger partial charge is 0.0890 e. The quantitative estimate of drug-likeness (QED) is 0.396. The predicted molar refractivity (Wildman–Crippen MR) is 77.1 cm³/mol. The van der Waals surface area contributed by atoms with Gasteiger partial charge in [-0.25, -0.2) is 0 Å². The van der Waals surface area contributed by atoms with Gasteiger partial charge in [0.1, 0.15) is 0 Å². The van der Waals surface area contributed by atoms with Crippen LogP contribution >= 0.6 is 15.9 Å². The molecule has 0 spiro atoms. The Morgan fingerprint density at radius 2 is 2.06 bits per heavy atom. The summed E-state index contributed by atoms with van der Waals surface area (Å²) in [7, 11) is 0. The zero-order valence-corrected chi connectivity index (χ0v) is 12.7. The average molecular weight is 287 g/mol. The molecule has 1 saturated carbocycles. The zero-order chi connectivity index (χ0) is 12.0. The first kappa shape index (κ1) is 14.3. The predicted octanol–water partition coefficient (Wildman–Crippen LogP) is 5.71. The molecule has 0 aromatic carbocycles. The van der Waals surface area contributed by atoms with Gasteiger partial charge < -0.3 is 0 Å². The maximum atomic E-state index is 3.58. The first-order chi connectivity index (χ1) is 7.63. The molecular formula is C15H27Br. The van der Waals surface area contributed by atoms with Gasteiger partial charge in [-0.1, -0.05) is 54.3 Å². The van der Waals surface area contributed by atoms with Crippen LogP contribution in [0.3, 0.4) is 0 Å². The SMILES string of the molecule is CCCC1CC1CCC/C(C)=C/CC(C)Br. The summed E-state index contributed by atoms with van der Waals surface area (Å²) in [5.74, 6) is 2.18. The normalized spacial score (nSPS) is 26.9. The maximum absolute atomic E-state index is 3.58. The van der Waals surface area contributed by atoms with Crippen LogP contribution in [0.25, 0.3) is 0 Å². The fourth-order valence-electron chi connectivity index (χ4n) is 2.50. The second-order valence-corrected chi connectivity index (χ2v) is 7.07. The monoisotopic (exact) mass is 286 g/mol. The van der Waals surface area contributed by atoms with Crippen molar-refractivity contribution in [3.05, 3.63) is 11.6 Å². The van der Waals surface area contributed by atoms with Crippen LogP contribution in [0.2, 0.25) is 0 Å². The molecule has 1 aliphatic rings. The van der Waals surface area contributed by atoms with Crippen LogP contribution in [0.4, 0.5) is 0 Å². The molecule has 0 amide bonds. The Balaban J connectivity index is 2.01. The molecule has 0 saturated heterocycles. The lowest BCUT2D eigenvalue weighted by atomic mass is 10.0. The van der Waals surface area contributed by atoms with Crippen molar-refractivity contribution >= 4 is 15.9 Å². The molecule has 16 heavy (non-hydrogen) atoms. The standard InChI is InChI=1S/C15H27Br/c1-4-6-14-11-15(14)8-5-7-12(2)9-10-13(3)16/h9,13-15H,4-8,10-11H2,1-3H3/b12-9+. The molecule has 0 heterocycles. The van der Waals surface area contributed by atoms with Crippen molar-refractivity contribution < 1.29 is 0 Å². The first-order valence-corrected chi connectivity index (χ1v) is 7.84. The smallest absolute Gasteiger partial charge is 0.0152 e. The average Bonchev–Trinajstić information content (AvgIpc) is 2.94. The van der Waals surface area contributed by atoms with Crippen molar-refractivity contribution in [3.63, 3.8) is 0 Å². The second-order valence-electron chi connectivity index (χ2n) is 5.50. The van der Waals surface area contributed by atoms with Crippen molar-refractivity contribution in [2.45, 2.75) is 70.5 Å². The van der Waals surface area contributed by atoms with Gasteiger partial charge in [-0.3, -0.25) is 0 Å². The summed E-state index contributed by atoms with van der Waals surface area (Å²) in [6.07, 6.45) is 12.1. The third-order valence-electron chi connectivity index (χ3n) is 3.67. The molecule has 0 aliphatic heterocycles. The van der Waals surface area contributed by atoms with Crippen LogP contribution in [0.15, 0.2) is 11.6 Å². The molecule has 1 heteroatoms. The van der Waals surface area contributed by atoms with Gasteiger partial charge >= 0.3 is 0 Å². The summed E-state index contributed by atoms with van der Waals surface area (Å²) >= 11 is 3.58. The van der Waals surface area contributed by atoms with E-state index in [1.165, 1.54) is 44.9 Å². The van der Waals surface area contributed by atoms with E-state index in [2.05, 4.69) is 42.8 Å². The van der Waals surface area contributed by atoms with E-state index in [0.29, 0.717) is 4.83 Å². The summed E-state index contributed by atoms with van der Waals surface area (Å²) in [5.41, 5.74) is 1.58. The lowest BCUT2D eigenvalue weighted by molar-refractivity contribution is 0.577. The minimum Gasteiger partial charge on any atom is -0.0890 e. The Labute approximate surface area is 110 Å². The zero-order valence-electron chi connectivity index (χ0n) is 11.1. The van der Waals surface area contributed by atoms with E-state index in [4.69, 9.17) is 0 Å². The molecule has 0 bridgehead atoms. The van der Waals surface area contributed by atoms with Gasteiger partial charge in [-0.05, 0) is 50.9 Å². The Hall–Kier alpha value is 0.220. The highest BCUT2D eigenvalue weighted by atomic mass is 79.9. The lowest BCUT2D eigenvalue weighted by Crippen LogP contribution is -1.88. The summed E-state index contributed by atoms with van der Waals surface area (Å²) in [6, 6.07) is 0. The summed E-state index contributed by atoms with van der Waals surface area (Å²) in [4.78, 5) is 0.625. The molecule has 94 valence electrons. The van der Waals surface area contributed by atoms with Crippen LogP contribution in [-0.2, 0) is 0 Å². The molecule has 1 rings (SSSR count). The molecule has 3 atom stereocenters. The van der Waals surface area contributed by atoms with Crippen LogP contribution in [0.5, 0.6) is 0 Å². The molecule has 0 aromatic rings. The van der Waals surface area contributed by atoms with Crippen LogP contribution in [-0.4, -0.2) is 4.83 Å². The number of alkyl halides is 1. The van der Waals surface area contributed by atoms with E-state index in [0.717, 1.165) is 11.8 Å². The number of hydrogen-bond acceptors (Lipinski definition) is 0. The van der Waals surface area contributed by atoms with Crippen LogP contribution < -0.4 is 0 Å². The molecule has 0 radical (unpaired) electrons. The van der Waals surface area contributed by atoms with E-state index < -0.39 is 0 Å². The third-order valence-corrected chi connectivity index (χ3v) is 4.04. The van der Waals surface area contributed by atoms with Gasteiger partial charge in [-0.2, -0.15) is 0 Å². The van der Waals surface area contributed by atoms with Crippen molar-refractivity contribution in [2.75, 3.05) is 0 Å². The molecular weight excluding hydrogens is 260 g/mol. The van der Waals surface area contributed by atoms with Gasteiger partial charge in [0, 0.05) is 4.83 Å². The van der Waals surface area contributed by atoms with Gasteiger partial charge in [0.05, 0.1) is 0 Å². The van der Waals surface area contributed by atoms with Crippen molar-refractivity contribution in [3.8, 4) is 0 Å². The van der Waals surface area contributed by atoms with Crippen molar-refractivity contribution in [1.29, 1.82) is 0 Å². The van der Waals surface area contributed by atoms with Crippen LogP contribution in [0, 0.1) is 11.8 Å². The highest BCUT2D eigenvalue weighted by Gasteiger charge is 2.34. The maximum Gasteiger partial charge on any atom is 0.0152 e. The summed E-state index contributed by atoms with van der Waals surface area (Å²) in [6.45, 7) is 6.80. The second kappa shape index (κ2) is 7.53. The molecule has 1 fully saturated rings. The molecule has 0 N–H and O–H groups in total. The van der Waals surface area contributed by atoms with Gasteiger partial charge in [0.15, 0.2) is 0 Å². The Morgan fingerprint density at radius 3 is 2.69 bits per heavy atom. The van der Waals surface area contributed by atoms with Crippen molar-refractivity contribution in [2.24, 2.45) is 11.8 Å². The van der Waals surface area contributed by atoms with E-state index in [1.807, 2.05) is 0 Å². The number of hydrogen-bond donors (Lipinski definition) is 0. The fraction of sp³-hybridized carbons (Fsp3) is 0.867. The van der Waals surface area contributed by atoms with Gasteiger partial charge in [0.25, 0.3) is 0 Å². The Kier molecular flexibility index (Phi) is 6.72. The number of halogens is 1. The van der Waals surface area contributed by atoms with E-state index in [-0.39, 0.29) is 0 Å². The van der Waals surface area contributed by atoms with Gasteiger partial charge in [-0.15, -0.1) is 0 Å². The molecule has 0 nitrogen and oxygen atoms in total. The van der Waals surface area contributed by atoms with Crippen molar-refractivity contribution in [1.82, 2.24) is 0 Å².